The first-order valence-electron chi connectivity index (χ1n) is 4.47. The number of ketones is 1. The normalized spacial score (nSPS) is 25.5. The van der Waals surface area contributed by atoms with Gasteiger partial charge in [-0.15, -0.1) is 0 Å². The molecule has 0 saturated carbocycles. The van der Waals surface area contributed by atoms with Gasteiger partial charge in [-0.1, -0.05) is 6.42 Å². The molecule has 0 aromatic heterocycles. The van der Waals surface area contributed by atoms with E-state index in [2.05, 4.69) is 0 Å². The smallest absolute Gasteiger partial charge is 0.182 e. The summed E-state index contributed by atoms with van der Waals surface area (Å²) in [6, 6.07) is 0.231. The van der Waals surface area contributed by atoms with Crippen LogP contribution in [0.5, 0.6) is 0 Å². The molecule has 4 heteroatoms. The Morgan fingerprint density at radius 3 is 2.83 bits per heavy atom. The van der Waals surface area contributed by atoms with E-state index in [4.69, 9.17) is 15.8 Å². The largest absolute Gasteiger partial charge is 0.351 e. The second-order valence-corrected chi connectivity index (χ2v) is 3.33. The Morgan fingerprint density at radius 1 is 1.50 bits per heavy atom. The van der Waals surface area contributed by atoms with E-state index in [-0.39, 0.29) is 18.1 Å². The molecule has 2 nitrogen and oxygen atoms in total. The van der Waals surface area contributed by atoms with Gasteiger partial charge in [0.1, 0.15) is 5.78 Å². The van der Waals surface area contributed by atoms with Gasteiger partial charge in [-0.25, -0.2) is 0 Å². The molecule has 0 aliphatic carbocycles. The van der Waals surface area contributed by atoms with E-state index in [1.54, 1.807) is 4.81 Å². The quantitative estimate of drug-likeness (QED) is 0.560. The van der Waals surface area contributed by atoms with Crippen molar-refractivity contribution in [3.63, 3.8) is 0 Å². The first kappa shape index (κ1) is 9.84. The van der Waals surface area contributed by atoms with Crippen LogP contribution in [0.25, 0.3) is 0 Å². The van der Waals surface area contributed by atoms with Crippen molar-refractivity contribution >= 4 is 21.6 Å². The third-order valence-electron chi connectivity index (χ3n) is 2.36. The third kappa shape index (κ3) is 2.67. The van der Waals surface area contributed by atoms with E-state index in [9.17, 15) is 4.79 Å². The molecular weight excluding hydrogens is 148 g/mol. The maximum Gasteiger partial charge on any atom is 0.182 e. The summed E-state index contributed by atoms with van der Waals surface area (Å²) in [6.45, 7) is 0.905. The molecule has 0 N–H and O–H groups in total. The molecule has 4 radical (unpaired) electrons. The molecule has 1 atom stereocenters. The molecule has 0 amide bonds. The molecule has 0 bridgehead atoms. The molecule has 0 aromatic rings. The van der Waals surface area contributed by atoms with E-state index in [0.717, 1.165) is 19.4 Å². The maximum atomic E-state index is 11.0. The highest BCUT2D eigenvalue weighted by atomic mass is 16.1. The summed E-state index contributed by atoms with van der Waals surface area (Å²) in [5.41, 5.74) is 0. The lowest BCUT2D eigenvalue weighted by molar-refractivity contribution is -0.118. The van der Waals surface area contributed by atoms with Crippen molar-refractivity contribution in [1.29, 1.82) is 0 Å². The van der Waals surface area contributed by atoms with Crippen molar-refractivity contribution in [1.82, 2.24) is 4.81 Å². The number of piperidine rings is 1. The molecule has 1 fully saturated rings. The number of hydrogen-bond donors (Lipinski definition) is 0. The molecule has 0 spiro atoms. The summed E-state index contributed by atoms with van der Waals surface area (Å²) in [5, 5.41) is 0. The van der Waals surface area contributed by atoms with Crippen molar-refractivity contribution in [3.05, 3.63) is 0 Å². The highest BCUT2D eigenvalue weighted by molar-refractivity contribution is 6.20. The number of carbonyl (C=O) groups is 1. The molecular formula is C8H13B2NO. The summed E-state index contributed by atoms with van der Waals surface area (Å²) < 4.78 is 0. The Kier molecular flexibility index (Phi) is 3.86. The first-order chi connectivity index (χ1) is 5.74. The second kappa shape index (κ2) is 4.70. The number of carbonyl (C=O) groups excluding carboxylic acids is 1. The predicted octanol–water partition coefficient (Wildman–Crippen LogP) is 0.470. The van der Waals surface area contributed by atoms with Crippen LogP contribution in [0.1, 0.15) is 25.7 Å². The number of hydrogen-bond acceptors (Lipinski definition) is 2. The standard InChI is InChI=1S/C8H13B2NO/c9-6-8(12)5-7-3-1-2-4-11(7)10/h7H,1-6H2/t7-/m0/s1. The Balaban J connectivity index is 2.33. The minimum Gasteiger partial charge on any atom is -0.351 e. The summed E-state index contributed by atoms with van der Waals surface area (Å²) in [5.74, 6) is 0.109. The van der Waals surface area contributed by atoms with Gasteiger partial charge in [0.05, 0.1) is 7.85 Å². The fourth-order valence-electron chi connectivity index (χ4n) is 1.59. The minimum absolute atomic E-state index is 0.109. The van der Waals surface area contributed by atoms with Gasteiger partial charge in [-0.2, -0.15) is 0 Å². The van der Waals surface area contributed by atoms with E-state index in [0.29, 0.717) is 6.42 Å². The monoisotopic (exact) mass is 161 g/mol. The van der Waals surface area contributed by atoms with Crippen LogP contribution in [0, 0.1) is 0 Å². The van der Waals surface area contributed by atoms with Gasteiger partial charge < -0.3 is 9.61 Å². The summed E-state index contributed by atoms with van der Waals surface area (Å²) >= 11 is 0. The molecule has 0 unspecified atom stereocenters. The average Bonchev–Trinajstić information content (AvgIpc) is 2.09. The van der Waals surface area contributed by atoms with Crippen LogP contribution in [0.4, 0.5) is 0 Å². The molecule has 0 aromatic carbocycles. The van der Waals surface area contributed by atoms with Gasteiger partial charge in [0, 0.05) is 12.5 Å². The van der Waals surface area contributed by atoms with E-state index < -0.39 is 0 Å². The fraction of sp³-hybridized carbons (Fsp3) is 0.875. The summed E-state index contributed by atoms with van der Waals surface area (Å²) in [7, 11) is 10.9. The van der Waals surface area contributed by atoms with Gasteiger partial charge >= 0.3 is 0 Å². The third-order valence-corrected chi connectivity index (χ3v) is 2.36. The second-order valence-electron chi connectivity index (χ2n) is 3.33. The lowest BCUT2D eigenvalue weighted by atomic mass is 9.90. The Morgan fingerprint density at radius 2 is 2.25 bits per heavy atom. The van der Waals surface area contributed by atoms with Crippen molar-refractivity contribution in [2.45, 2.75) is 38.0 Å². The average molecular weight is 161 g/mol. The molecule has 1 saturated heterocycles. The van der Waals surface area contributed by atoms with Crippen LogP contribution in [-0.4, -0.2) is 39.0 Å². The zero-order valence-corrected chi connectivity index (χ0v) is 7.33. The lowest BCUT2D eigenvalue weighted by Gasteiger charge is -2.32. The summed E-state index contributed by atoms with van der Waals surface area (Å²) in [4.78, 5) is 12.8. The Hall–Kier alpha value is -0.240. The molecule has 1 rings (SSSR count). The van der Waals surface area contributed by atoms with Crippen LogP contribution in [0.15, 0.2) is 0 Å². The van der Waals surface area contributed by atoms with Crippen molar-refractivity contribution in [2.75, 3.05) is 6.54 Å². The van der Waals surface area contributed by atoms with Crippen LogP contribution in [0.2, 0.25) is 6.32 Å². The molecule has 62 valence electrons. The Bertz CT molecular complexity index is 163. The van der Waals surface area contributed by atoms with E-state index in [1.165, 1.54) is 6.42 Å². The number of nitrogens with zero attached hydrogens (tertiary/aromatic N) is 1. The van der Waals surface area contributed by atoms with Gasteiger partial charge in [0.25, 0.3) is 0 Å². The lowest BCUT2D eigenvalue weighted by Crippen LogP contribution is -2.38. The molecule has 1 aliphatic rings. The van der Waals surface area contributed by atoms with Gasteiger partial charge in [-0.3, -0.25) is 0 Å². The van der Waals surface area contributed by atoms with Crippen LogP contribution in [-0.2, 0) is 4.79 Å². The highest BCUT2D eigenvalue weighted by Crippen LogP contribution is 2.17. The van der Waals surface area contributed by atoms with Crippen LogP contribution < -0.4 is 0 Å². The van der Waals surface area contributed by atoms with E-state index >= 15 is 0 Å². The zero-order chi connectivity index (χ0) is 8.97. The molecule has 1 aliphatic heterocycles. The minimum atomic E-state index is 0.109. The number of Topliss-reactive ketones (excluding diaryl/α,β-unsaturated/α-hetero) is 1. The van der Waals surface area contributed by atoms with Crippen molar-refractivity contribution in [2.24, 2.45) is 0 Å². The molecule has 12 heavy (non-hydrogen) atoms. The Labute approximate surface area is 76.5 Å². The van der Waals surface area contributed by atoms with Gasteiger partial charge in [0.15, 0.2) is 7.98 Å². The zero-order valence-electron chi connectivity index (χ0n) is 7.33. The fourth-order valence-corrected chi connectivity index (χ4v) is 1.59. The highest BCUT2D eigenvalue weighted by Gasteiger charge is 2.19. The summed E-state index contributed by atoms with van der Waals surface area (Å²) in [6.07, 6.45) is 4.01. The van der Waals surface area contributed by atoms with Crippen molar-refractivity contribution in [3.8, 4) is 0 Å². The predicted molar refractivity (Wildman–Crippen MR) is 50.3 cm³/mol. The van der Waals surface area contributed by atoms with Gasteiger partial charge in [0.2, 0.25) is 0 Å². The van der Waals surface area contributed by atoms with E-state index in [1.807, 2.05) is 0 Å². The first-order valence-corrected chi connectivity index (χ1v) is 4.47. The molecule has 1 heterocycles. The van der Waals surface area contributed by atoms with Crippen LogP contribution >= 0.6 is 0 Å². The van der Waals surface area contributed by atoms with Gasteiger partial charge in [-0.05, 0) is 25.7 Å². The topological polar surface area (TPSA) is 20.3 Å². The SMILES string of the molecule is [B]CC(=O)C[C@@H]1CCCCN1[B]. The van der Waals surface area contributed by atoms with Crippen molar-refractivity contribution < 1.29 is 4.79 Å². The maximum absolute atomic E-state index is 11.0. The van der Waals surface area contributed by atoms with Crippen LogP contribution in [0.3, 0.4) is 0 Å². The number of rotatable bonds is 3.